The molecule has 0 aliphatic carbocycles. The molecule has 0 spiro atoms. The van der Waals surface area contributed by atoms with Gasteiger partial charge in [0.15, 0.2) is 24.6 Å². The van der Waals surface area contributed by atoms with E-state index in [0.29, 0.717) is 25.7 Å². The first kappa shape index (κ1) is 70.9. The maximum absolute atomic E-state index is 13.2. The maximum atomic E-state index is 13.2. The molecule has 0 bridgehead atoms. The average Bonchev–Trinajstić information content (AvgIpc) is 3.42. The van der Waals surface area contributed by atoms with Gasteiger partial charge in [0.2, 0.25) is 0 Å². The van der Waals surface area contributed by atoms with E-state index in [4.69, 9.17) is 23.7 Å². The first-order valence-electron chi connectivity index (χ1n) is 30.6. The SMILES string of the molecule is CC/C=C\C/C=C\C/C=C\C/C=C\C/C=C\CCCC(=O)OCC(COC1OC(C(=O)O)C(O)C(O)C1OC(=O)CCCCCCC/C=C\C/C=C\CCCCC)OC(=O)CCCCCCCCCCCCCCCCC. The molecule has 0 amide bonds. The van der Waals surface area contributed by atoms with Crippen LogP contribution >= 0.6 is 0 Å². The van der Waals surface area contributed by atoms with Gasteiger partial charge in [-0.1, -0.05) is 228 Å². The van der Waals surface area contributed by atoms with Crippen molar-refractivity contribution in [2.45, 2.75) is 289 Å². The standard InChI is InChI=1S/C65H108O12/c1-4-7-10-13-16-19-22-25-28-29-32-33-36-39-42-45-48-51-57(66)73-54-56(75-58(67)52-49-46-43-40-37-34-30-26-23-20-17-14-11-8-5-2)55-74-65-63(61(70)60(69)62(77-65)64(71)72)76-59(68)53-50-47-44-41-38-35-31-27-24-21-18-15-12-9-6-3/h7,10,16,18-19,21,25,27-28,31-33,39,42,56,60-63,65,69-70H,4-6,8-9,11-15,17,20,22-24,26,29-30,34-38,40-41,43-55H2,1-3H3,(H,71,72)/b10-7-,19-16-,21-18-,28-25-,31-27-,33-32-,42-39-. The first-order chi connectivity index (χ1) is 37.6. The molecule has 0 saturated carbocycles. The summed E-state index contributed by atoms with van der Waals surface area (Å²) in [5.74, 6) is -3.21. The number of aliphatic hydroxyl groups is 2. The summed E-state index contributed by atoms with van der Waals surface area (Å²) in [6, 6.07) is 0. The van der Waals surface area contributed by atoms with Gasteiger partial charge in [0.25, 0.3) is 0 Å². The lowest BCUT2D eigenvalue weighted by molar-refractivity contribution is -0.301. The summed E-state index contributed by atoms with van der Waals surface area (Å²) in [5, 5.41) is 31.5. The molecule has 6 atom stereocenters. The second-order valence-corrected chi connectivity index (χ2v) is 20.6. The number of ether oxygens (including phenoxy) is 5. The molecule has 6 unspecified atom stereocenters. The van der Waals surface area contributed by atoms with Crippen LogP contribution in [0.5, 0.6) is 0 Å². The van der Waals surface area contributed by atoms with Gasteiger partial charge >= 0.3 is 23.9 Å². The molecule has 1 rings (SSSR count). The smallest absolute Gasteiger partial charge is 0.335 e. The number of aliphatic hydroxyl groups excluding tert-OH is 2. The lowest BCUT2D eigenvalue weighted by atomic mass is 9.98. The van der Waals surface area contributed by atoms with Crippen molar-refractivity contribution in [3.8, 4) is 0 Å². The van der Waals surface area contributed by atoms with Crippen LogP contribution in [0.4, 0.5) is 0 Å². The molecule has 1 heterocycles. The highest BCUT2D eigenvalue weighted by molar-refractivity contribution is 5.74. The van der Waals surface area contributed by atoms with Crippen LogP contribution in [0.1, 0.15) is 252 Å². The van der Waals surface area contributed by atoms with E-state index >= 15 is 0 Å². The van der Waals surface area contributed by atoms with Gasteiger partial charge in [0.1, 0.15) is 18.8 Å². The Morgan fingerprint density at radius 2 is 0.831 bits per heavy atom. The molecule has 12 heteroatoms. The zero-order valence-electron chi connectivity index (χ0n) is 48.4. The van der Waals surface area contributed by atoms with Gasteiger partial charge < -0.3 is 39.0 Å². The third-order valence-electron chi connectivity index (χ3n) is 13.5. The average molecular weight is 1080 g/mol. The van der Waals surface area contributed by atoms with E-state index in [-0.39, 0.29) is 25.9 Å². The van der Waals surface area contributed by atoms with Crippen LogP contribution in [0, 0.1) is 0 Å². The van der Waals surface area contributed by atoms with E-state index in [1.165, 1.54) is 89.9 Å². The van der Waals surface area contributed by atoms with Crippen LogP contribution in [-0.4, -0.2) is 89.2 Å². The third-order valence-corrected chi connectivity index (χ3v) is 13.5. The second kappa shape index (κ2) is 52.6. The lowest BCUT2D eigenvalue weighted by Crippen LogP contribution is -2.61. The molecule has 1 fully saturated rings. The highest BCUT2D eigenvalue weighted by Gasteiger charge is 2.50. The van der Waals surface area contributed by atoms with Crippen molar-refractivity contribution in [1.29, 1.82) is 0 Å². The fourth-order valence-electron chi connectivity index (χ4n) is 8.79. The number of hydrogen-bond donors (Lipinski definition) is 3. The predicted octanol–water partition coefficient (Wildman–Crippen LogP) is 15.9. The van der Waals surface area contributed by atoms with E-state index in [1.807, 2.05) is 6.08 Å². The van der Waals surface area contributed by atoms with Crippen molar-refractivity contribution >= 4 is 23.9 Å². The number of unbranched alkanes of at least 4 members (excludes halogenated alkanes) is 23. The minimum absolute atomic E-state index is 0.0372. The molecule has 1 aliphatic heterocycles. The Hall–Kier alpha value is -4.10. The summed E-state index contributed by atoms with van der Waals surface area (Å²) in [6.07, 6.45) is 55.5. The first-order valence-corrected chi connectivity index (χ1v) is 30.6. The molecular formula is C65H108O12. The molecule has 77 heavy (non-hydrogen) atoms. The number of rotatable bonds is 51. The molecule has 0 radical (unpaired) electrons. The number of carboxylic acid groups (broad SMARTS) is 1. The number of carboxylic acids is 1. The Morgan fingerprint density at radius 3 is 1.31 bits per heavy atom. The van der Waals surface area contributed by atoms with E-state index in [0.717, 1.165) is 96.3 Å². The lowest BCUT2D eigenvalue weighted by Gasteiger charge is -2.40. The second-order valence-electron chi connectivity index (χ2n) is 20.6. The van der Waals surface area contributed by atoms with Crippen LogP contribution in [0.3, 0.4) is 0 Å². The largest absolute Gasteiger partial charge is 0.479 e. The summed E-state index contributed by atoms with van der Waals surface area (Å²) in [6.45, 7) is 5.81. The van der Waals surface area contributed by atoms with Gasteiger partial charge in [-0.25, -0.2) is 4.79 Å². The molecule has 0 aromatic heterocycles. The van der Waals surface area contributed by atoms with E-state index in [9.17, 15) is 34.5 Å². The summed E-state index contributed by atoms with van der Waals surface area (Å²) < 4.78 is 28.4. The fraction of sp³-hybridized carbons (Fsp3) is 0.723. The number of hydrogen-bond acceptors (Lipinski definition) is 11. The number of carbonyl (C=O) groups is 4. The normalized spacial score (nSPS) is 18.6. The fourth-order valence-corrected chi connectivity index (χ4v) is 8.79. The predicted molar refractivity (Wildman–Crippen MR) is 312 cm³/mol. The van der Waals surface area contributed by atoms with Crippen molar-refractivity contribution in [3.05, 3.63) is 85.1 Å². The molecule has 1 aliphatic rings. The van der Waals surface area contributed by atoms with Crippen LogP contribution < -0.4 is 0 Å². The Kier molecular flexibility index (Phi) is 48.4. The molecule has 0 aromatic carbocycles. The number of esters is 3. The summed E-state index contributed by atoms with van der Waals surface area (Å²) in [7, 11) is 0. The number of allylic oxidation sites excluding steroid dienone is 14. The quantitative estimate of drug-likeness (QED) is 0.0228. The molecule has 0 aromatic rings. The van der Waals surface area contributed by atoms with Crippen molar-refractivity contribution in [3.63, 3.8) is 0 Å². The van der Waals surface area contributed by atoms with Gasteiger partial charge in [-0.2, -0.15) is 0 Å². The highest BCUT2D eigenvalue weighted by atomic mass is 16.7. The monoisotopic (exact) mass is 1080 g/mol. The van der Waals surface area contributed by atoms with Crippen molar-refractivity contribution in [1.82, 2.24) is 0 Å². The third kappa shape index (κ3) is 42.5. The van der Waals surface area contributed by atoms with Crippen LogP contribution in [0.2, 0.25) is 0 Å². The molecule has 440 valence electrons. The number of carbonyl (C=O) groups excluding carboxylic acids is 3. The van der Waals surface area contributed by atoms with Crippen LogP contribution in [0.15, 0.2) is 85.1 Å². The zero-order valence-corrected chi connectivity index (χ0v) is 48.4. The Morgan fingerprint density at radius 1 is 0.442 bits per heavy atom. The molecular weight excluding hydrogens is 973 g/mol. The van der Waals surface area contributed by atoms with E-state index < -0.39 is 67.3 Å². The Labute approximate surface area is 467 Å². The van der Waals surface area contributed by atoms with Gasteiger partial charge in [0, 0.05) is 19.3 Å². The Balaban J connectivity index is 2.73. The van der Waals surface area contributed by atoms with E-state index in [2.05, 4.69) is 99.8 Å². The maximum Gasteiger partial charge on any atom is 0.335 e. The molecule has 12 nitrogen and oxygen atoms in total. The zero-order chi connectivity index (χ0) is 56.1. The minimum atomic E-state index is -1.92. The molecule has 1 saturated heterocycles. The van der Waals surface area contributed by atoms with Crippen molar-refractivity contribution in [2.24, 2.45) is 0 Å². The summed E-state index contributed by atoms with van der Waals surface area (Å²) in [4.78, 5) is 51.2. The number of aliphatic carboxylic acids is 1. The minimum Gasteiger partial charge on any atom is -0.479 e. The van der Waals surface area contributed by atoms with Gasteiger partial charge in [0.05, 0.1) is 6.61 Å². The van der Waals surface area contributed by atoms with Crippen LogP contribution in [0.25, 0.3) is 0 Å². The van der Waals surface area contributed by atoms with Gasteiger partial charge in [-0.05, 0) is 89.9 Å². The van der Waals surface area contributed by atoms with Crippen molar-refractivity contribution < 1.29 is 58.2 Å². The summed E-state index contributed by atoms with van der Waals surface area (Å²) in [5.41, 5.74) is 0. The van der Waals surface area contributed by atoms with E-state index in [1.54, 1.807) is 0 Å². The topological polar surface area (TPSA) is 175 Å². The highest BCUT2D eigenvalue weighted by Crippen LogP contribution is 2.26. The molecule has 3 N–H and O–H groups in total. The summed E-state index contributed by atoms with van der Waals surface area (Å²) >= 11 is 0. The van der Waals surface area contributed by atoms with Gasteiger partial charge in [-0.3, -0.25) is 14.4 Å². The van der Waals surface area contributed by atoms with Gasteiger partial charge in [-0.15, -0.1) is 0 Å². The van der Waals surface area contributed by atoms with Crippen LogP contribution in [-0.2, 0) is 42.9 Å². The Bertz CT molecular complexity index is 1660. The van der Waals surface area contributed by atoms with Crippen molar-refractivity contribution in [2.75, 3.05) is 13.2 Å².